The van der Waals surface area contributed by atoms with Crippen LogP contribution in [0.2, 0.25) is 0 Å². The summed E-state index contributed by atoms with van der Waals surface area (Å²) >= 11 is 1.47. The number of nitrogen functional groups attached to an aromatic ring is 1. The molecule has 2 atom stereocenters. The number of carbonyl (C=O) groups excluding carboxylic acids is 2. The fourth-order valence-corrected chi connectivity index (χ4v) is 4.36. The van der Waals surface area contributed by atoms with Gasteiger partial charge in [0.15, 0.2) is 11.6 Å². The van der Waals surface area contributed by atoms with E-state index in [4.69, 9.17) is 5.73 Å². The van der Waals surface area contributed by atoms with Gasteiger partial charge in [0, 0.05) is 26.6 Å². The van der Waals surface area contributed by atoms with Gasteiger partial charge in [-0.2, -0.15) is 0 Å². The number of Topliss-reactive ketones (excluding diaryl/α,β-unsaturated/α-hetero) is 2. The van der Waals surface area contributed by atoms with Crippen molar-refractivity contribution < 1.29 is 9.59 Å². The van der Waals surface area contributed by atoms with E-state index in [1.54, 1.807) is 24.3 Å². The zero-order chi connectivity index (χ0) is 16.7. The number of benzene rings is 2. The fourth-order valence-electron chi connectivity index (χ4n) is 3.25. The number of hydrogen-bond acceptors (Lipinski definition) is 4. The number of nitrogens with two attached hydrogens (primary N) is 1. The van der Waals surface area contributed by atoms with E-state index >= 15 is 0 Å². The molecule has 2 unspecified atom stereocenters. The predicted octanol–water partition coefficient (Wildman–Crippen LogP) is 4.13. The fraction of sp³-hybridized carbons (Fsp3) is 0.100. The van der Waals surface area contributed by atoms with Crippen molar-refractivity contribution in [2.75, 3.05) is 5.73 Å². The average Bonchev–Trinajstić information content (AvgIpc) is 2.61. The molecule has 0 heterocycles. The normalized spacial score (nSPS) is 21.9. The number of fused-ring (bicyclic) bond motifs is 2. The lowest BCUT2D eigenvalue weighted by Gasteiger charge is -2.32. The minimum Gasteiger partial charge on any atom is -0.398 e. The van der Waals surface area contributed by atoms with Gasteiger partial charge in [0.25, 0.3) is 0 Å². The molecular formula is C20H15NO2S. The smallest absolute Gasteiger partial charge is 0.172 e. The summed E-state index contributed by atoms with van der Waals surface area (Å²) in [6.07, 6.45) is 5.61. The van der Waals surface area contributed by atoms with Gasteiger partial charge >= 0.3 is 0 Å². The standard InChI is InChI=1S/C20H15NO2S/c21-15-9-3-4-10-16(15)24-17-11-5-8-14-18(17)20(23)13-7-2-1-6-12(13)19(14)22/h1-11,14,18H,21H2. The van der Waals surface area contributed by atoms with Crippen LogP contribution in [0.15, 0.2) is 76.6 Å². The first-order valence-corrected chi connectivity index (χ1v) is 8.56. The first-order valence-electron chi connectivity index (χ1n) is 7.75. The summed E-state index contributed by atoms with van der Waals surface area (Å²) in [5.41, 5.74) is 7.74. The van der Waals surface area contributed by atoms with Gasteiger partial charge in [-0.3, -0.25) is 9.59 Å². The number of allylic oxidation sites excluding steroid dienone is 4. The number of thioether (sulfide) groups is 1. The van der Waals surface area contributed by atoms with Gasteiger partial charge in [0.2, 0.25) is 0 Å². The second-order valence-corrected chi connectivity index (χ2v) is 6.99. The second kappa shape index (κ2) is 5.80. The molecule has 0 amide bonds. The number of anilines is 1. The molecule has 24 heavy (non-hydrogen) atoms. The van der Waals surface area contributed by atoms with Gasteiger partial charge in [0.05, 0.1) is 11.8 Å². The van der Waals surface area contributed by atoms with E-state index in [0.717, 1.165) is 9.80 Å². The predicted molar refractivity (Wildman–Crippen MR) is 96.0 cm³/mol. The average molecular weight is 333 g/mol. The molecule has 3 nitrogen and oxygen atoms in total. The summed E-state index contributed by atoms with van der Waals surface area (Å²) in [6, 6.07) is 14.6. The monoisotopic (exact) mass is 333 g/mol. The van der Waals surface area contributed by atoms with Gasteiger partial charge in [0.1, 0.15) is 0 Å². The van der Waals surface area contributed by atoms with Crippen LogP contribution in [0.1, 0.15) is 20.7 Å². The minimum absolute atomic E-state index is 0.00722. The maximum atomic E-state index is 13.0. The van der Waals surface area contributed by atoms with E-state index in [0.29, 0.717) is 16.8 Å². The maximum absolute atomic E-state index is 13.0. The van der Waals surface area contributed by atoms with Gasteiger partial charge in [-0.25, -0.2) is 0 Å². The SMILES string of the molecule is Nc1ccccc1SC1=CC=CC2C(=O)c3ccccc3C(=O)C12. The first-order chi connectivity index (χ1) is 11.7. The Bertz CT molecular complexity index is 913. The molecule has 0 aromatic heterocycles. The lowest BCUT2D eigenvalue weighted by molar-refractivity contribution is 0.0799. The first kappa shape index (κ1) is 15.0. The highest BCUT2D eigenvalue weighted by atomic mass is 32.2. The van der Waals surface area contributed by atoms with Crippen LogP contribution in [0.5, 0.6) is 0 Å². The van der Waals surface area contributed by atoms with Crippen molar-refractivity contribution >= 4 is 29.0 Å². The summed E-state index contributed by atoms with van der Waals surface area (Å²) < 4.78 is 0. The van der Waals surface area contributed by atoms with E-state index in [-0.39, 0.29) is 11.6 Å². The summed E-state index contributed by atoms with van der Waals surface area (Å²) in [4.78, 5) is 27.6. The Labute approximate surface area is 144 Å². The third kappa shape index (κ3) is 2.31. The Morgan fingerprint density at radius 2 is 1.54 bits per heavy atom. The van der Waals surface area contributed by atoms with Crippen molar-refractivity contribution in [3.05, 3.63) is 82.8 Å². The van der Waals surface area contributed by atoms with Crippen LogP contribution in [0, 0.1) is 11.8 Å². The van der Waals surface area contributed by atoms with Crippen molar-refractivity contribution in [2.45, 2.75) is 4.90 Å². The van der Waals surface area contributed by atoms with Crippen LogP contribution in [0.3, 0.4) is 0 Å². The lowest BCUT2D eigenvalue weighted by Crippen LogP contribution is -2.37. The van der Waals surface area contributed by atoms with Crippen LogP contribution < -0.4 is 5.73 Å². The number of rotatable bonds is 2. The minimum atomic E-state index is -0.456. The summed E-state index contributed by atoms with van der Waals surface area (Å²) in [6.45, 7) is 0. The molecule has 2 aromatic rings. The largest absolute Gasteiger partial charge is 0.398 e. The lowest BCUT2D eigenvalue weighted by atomic mass is 9.72. The van der Waals surface area contributed by atoms with Crippen LogP contribution in [0.25, 0.3) is 0 Å². The summed E-state index contributed by atoms with van der Waals surface area (Å²) in [7, 11) is 0. The molecule has 2 aromatic carbocycles. The highest BCUT2D eigenvalue weighted by molar-refractivity contribution is 8.03. The van der Waals surface area contributed by atoms with Gasteiger partial charge in [-0.1, -0.05) is 66.4 Å². The molecule has 4 heteroatoms. The van der Waals surface area contributed by atoms with Crippen molar-refractivity contribution in [2.24, 2.45) is 11.8 Å². The molecule has 2 aliphatic rings. The number of para-hydroxylation sites is 1. The third-order valence-electron chi connectivity index (χ3n) is 4.43. The molecule has 0 spiro atoms. The quantitative estimate of drug-likeness (QED) is 0.840. The van der Waals surface area contributed by atoms with E-state index < -0.39 is 11.8 Å². The van der Waals surface area contributed by atoms with Crippen LogP contribution in [0.4, 0.5) is 5.69 Å². The Balaban J connectivity index is 1.76. The van der Waals surface area contributed by atoms with Crippen molar-refractivity contribution in [3.8, 4) is 0 Å². The molecule has 0 saturated carbocycles. The second-order valence-electron chi connectivity index (χ2n) is 5.87. The van der Waals surface area contributed by atoms with Crippen molar-refractivity contribution in [3.63, 3.8) is 0 Å². The number of hydrogen-bond donors (Lipinski definition) is 1. The van der Waals surface area contributed by atoms with Crippen molar-refractivity contribution in [1.82, 2.24) is 0 Å². The molecular weight excluding hydrogens is 318 g/mol. The molecule has 0 radical (unpaired) electrons. The summed E-state index contributed by atoms with van der Waals surface area (Å²) in [5.74, 6) is -0.863. The molecule has 118 valence electrons. The number of carbonyl (C=O) groups is 2. The molecule has 0 fully saturated rings. The van der Waals surface area contributed by atoms with Crippen LogP contribution in [-0.2, 0) is 0 Å². The number of ketones is 2. The Morgan fingerprint density at radius 3 is 2.29 bits per heavy atom. The maximum Gasteiger partial charge on any atom is 0.172 e. The van der Waals surface area contributed by atoms with Crippen LogP contribution in [-0.4, -0.2) is 11.6 Å². The van der Waals surface area contributed by atoms with E-state index in [9.17, 15) is 9.59 Å². The zero-order valence-electron chi connectivity index (χ0n) is 12.8. The molecule has 0 aliphatic heterocycles. The summed E-state index contributed by atoms with van der Waals surface area (Å²) in [5, 5.41) is 0. The van der Waals surface area contributed by atoms with Crippen molar-refractivity contribution in [1.29, 1.82) is 0 Å². The highest BCUT2D eigenvalue weighted by Crippen LogP contribution is 2.45. The molecule has 4 rings (SSSR count). The third-order valence-corrected chi connectivity index (χ3v) is 5.65. The van der Waals surface area contributed by atoms with Crippen LogP contribution >= 0.6 is 11.8 Å². The van der Waals surface area contributed by atoms with E-state index in [1.165, 1.54) is 11.8 Å². The zero-order valence-corrected chi connectivity index (χ0v) is 13.6. The molecule has 0 bridgehead atoms. The van der Waals surface area contributed by atoms with E-state index in [2.05, 4.69) is 0 Å². The van der Waals surface area contributed by atoms with Gasteiger partial charge in [-0.15, -0.1) is 0 Å². The van der Waals surface area contributed by atoms with E-state index in [1.807, 2.05) is 42.5 Å². The molecule has 2 aliphatic carbocycles. The van der Waals surface area contributed by atoms with Gasteiger partial charge in [-0.05, 0) is 12.1 Å². The Kier molecular flexibility index (Phi) is 3.62. The molecule has 2 N–H and O–H groups in total. The van der Waals surface area contributed by atoms with Gasteiger partial charge < -0.3 is 5.73 Å². The Hall–Kier alpha value is -2.59. The topological polar surface area (TPSA) is 60.2 Å². The molecule has 0 saturated heterocycles. The highest BCUT2D eigenvalue weighted by Gasteiger charge is 2.43. The Morgan fingerprint density at radius 1 is 0.875 bits per heavy atom.